The monoisotopic (exact) mass is 1100 g/mol. The maximum absolute atomic E-state index is 12.9. The molecule has 6 nitrogen and oxygen atoms in total. The average Bonchev–Trinajstić information content (AvgIpc) is 3.45. The van der Waals surface area contributed by atoms with Crippen LogP contribution in [0.2, 0.25) is 0 Å². The number of ether oxygens (including phenoxy) is 3. The zero-order chi connectivity index (χ0) is 57.1. The molecule has 0 heterocycles. The Morgan fingerprint density at radius 1 is 0.266 bits per heavy atom. The first-order valence-corrected chi connectivity index (χ1v) is 33.4. The highest BCUT2D eigenvalue weighted by Crippen LogP contribution is 2.16. The average molecular weight is 1100 g/mol. The zero-order valence-electron chi connectivity index (χ0n) is 51.9. The first kappa shape index (κ1) is 75.1. The summed E-state index contributed by atoms with van der Waals surface area (Å²) in [6.45, 7) is 6.47. The number of rotatable bonds is 60. The van der Waals surface area contributed by atoms with Crippen molar-refractivity contribution in [1.29, 1.82) is 0 Å². The lowest BCUT2D eigenvalue weighted by molar-refractivity contribution is -0.167. The summed E-state index contributed by atoms with van der Waals surface area (Å²) < 4.78 is 16.9. The van der Waals surface area contributed by atoms with Gasteiger partial charge < -0.3 is 14.2 Å². The summed E-state index contributed by atoms with van der Waals surface area (Å²) in [5, 5.41) is 0. The van der Waals surface area contributed by atoms with Gasteiger partial charge in [0.2, 0.25) is 0 Å². The number of carbonyl (C=O) groups excluding carboxylic acids is 3. The van der Waals surface area contributed by atoms with Gasteiger partial charge in [0.1, 0.15) is 13.2 Å². The summed E-state index contributed by atoms with van der Waals surface area (Å²) in [5.41, 5.74) is 0. The second-order valence-electron chi connectivity index (χ2n) is 22.0. The van der Waals surface area contributed by atoms with E-state index in [9.17, 15) is 14.4 Å². The molecule has 0 saturated carbocycles. The predicted molar refractivity (Wildman–Crippen MR) is 343 cm³/mol. The Morgan fingerprint density at radius 2 is 0.494 bits per heavy atom. The molecule has 0 spiro atoms. The highest BCUT2D eigenvalue weighted by atomic mass is 16.6. The normalized spacial score (nSPS) is 12.8. The standard InChI is InChI=1S/C73H124O6/c1-4-7-10-13-16-19-22-25-28-30-32-33-34-35-36-37-38-39-41-42-45-48-51-54-57-60-63-66-72(75)78-69-70(68-77-71(74)65-62-59-56-53-50-47-44-27-24-21-18-15-12-9-6-3)79-73(76)67-64-61-58-55-52-49-46-43-40-31-29-26-23-20-17-14-11-8-5-2/h9,12,17-18,20-22,25-27,29-30,32,40,43-44,50,53,70H,4-8,10-11,13-16,19,23-24,28,31,33-39,41-42,45-49,51-52,54-69H2,1-3H3/b12-9-,20-17-,21-18-,25-22-,29-26-,32-30-,43-40-,44-27-,53-50-. The van der Waals surface area contributed by atoms with Crippen LogP contribution in [-0.4, -0.2) is 37.2 Å². The van der Waals surface area contributed by atoms with Crippen LogP contribution < -0.4 is 0 Å². The summed E-state index contributed by atoms with van der Waals surface area (Å²) in [6.07, 6.45) is 91.1. The molecule has 79 heavy (non-hydrogen) atoms. The van der Waals surface area contributed by atoms with Crippen molar-refractivity contribution in [3.63, 3.8) is 0 Å². The molecule has 452 valence electrons. The third-order valence-corrected chi connectivity index (χ3v) is 14.2. The Bertz CT molecular complexity index is 1590. The third kappa shape index (κ3) is 64.8. The lowest BCUT2D eigenvalue weighted by Crippen LogP contribution is -2.30. The van der Waals surface area contributed by atoms with Crippen LogP contribution in [0.25, 0.3) is 0 Å². The van der Waals surface area contributed by atoms with Crippen molar-refractivity contribution < 1.29 is 28.6 Å². The van der Waals surface area contributed by atoms with Crippen LogP contribution >= 0.6 is 0 Å². The molecular formula is C73H124O6. The highest BCUT2D eigenvalue weighted by molar-refractivity contribution is 5.71. The van der Waals surface area contributed by atoms with Crippen LogP contribution in [0.1, 0.15) is 316 Å². The summed E-state index contributed by atoms with van der Waals surface area (Å²) in [4.78, 5) is 38.4. The van der Waals surface area contributed by atoms with Gasteiger partial charge in [0, 0.05) is 19.3 Å². The molecule has 0 aliphatic rings. The van der Waals surface area contributed by atoms with E-state index >= 15 is 0 Å². The molecule has 1 atom stereocenters. The van der Waals surface area contributed by atoms with Gasteiger partial charge in [-0.15, -0.1) is 0 Å². The van der Waals surface area contributed by atoms with E-state index in [0.717, 1.165) is 116 Å². The van der Waals surface area contributed by atoms with Gasteiger partial charge in [0.05, 0.1) is 0 Å². The molecule has 0 saturated heterocycles. The SMILES string of the molecule is CC/C=C\C/C=C\C/C=C\C/C=C\CCCCC(=O)OCC(COC(=O)CCCCCCCCCCCCCCCCC/C=C\C/C=C\CCCCCCC)OC(=O)CCCCCCCC/C=C\C/C=C\C/C=C\CCCCC. The highest BCUT2D eigenvalue weighted by Gasteiger charge is 2.19. The van der Waals surface area contributed by atoms with Crippen LogP contribution in [0, 0.1) is 0 Å². The van der Waals surface area contributed by atoms with Crippen LogP contribution in [0.4, 0.5) is 0 Å². The molecular weight excluding hydrogens is 973 g/mol. The summed E-state index contributed by atoms with van der Waals surface area (Å²) in [7, 11) is 0. The lowest BCUT2D eigenvalue weighted by atomic mass is 10.0. The molecule has 0 aromatic heterocycles. The van der Waals surface area contributed by atoms with Gasteiger partial charge in [0.25, 0.3) is 0 Å². The Labute approximate surface area is 489 Å². The van der Waals surface area contributed by atoms with Crippen molar-refractivity contribution in [2.75, 3.05) is 13.2 Å². The molecule has 0 rings (SSSR count). The first-order chi connectivity index (χ1) is 39.0. The van der Waals surface area contributed by atoms with E-state index in [4.69, 9.17) is 14.2 Å². The fraction of sp³-hybridized carbons (Fsp3) is 0.712. The van der Waals surface area contributed by atoms with Gasteiger partial charge in [-0.25, -0.2) is 0 Å². The van der Waals surface area contributed by atoms with Crippen LogP contribution in [0.5, 0.6) is 0 Å². The Morgan fingerprint density at radius 3 is 0.823 bits per heavy atom. The zero-order valence-corrected chi connectivity index (χ0v) is 51.9. The molecule has 0 amide bonds. The molecule has 1 unspecified atom stereocenters. The third-order valence-electron chi connectivity index (χ3n) is 14.2. The van der Waals surface area contributed by atoms with E-state index in [0.29, 0.717) is 19.3 Å². The Balaban J connectivity index is 4.35. The van der Waals surface area contributed by atoms with Gasteiger partial charge in [0.15, 0.2) is 6.10 Å². The topological polar surface area (TPSA) is 78.9 Å². The molecule has 0 fully saturated rings. The van der Waals surface area contributed by atoms with Gasteiger partial charge >= 0.3 is 17.9 Å². The number of hydrogen-bond acceptors (Lipinski definition) is 6. The molecule has 0 aromatic carbocycles. The van der Waals surface area contributed by atoms with Crippen molar-refractivity contribution in [3.05, 3.63) is 109 Å². The van der Waals surface area contributed by atoms with E-state index in [1.807, 2.05) is 0 Å². The summed E-state index contributed by atoms with van der Waals surface area (Å²) in [6, 6.07) is 0. The lowest BCUT2D eigenvalue weighted by Gasteiger charge is -2.18. The Kier molecular flexibility index (Phi) is 63.3. The largest absolute Gasteiger partial charge is 0.462 e. The summed E-state index contributed by atoms with van der Waals surface area (Å²) in [5.74, 6) is -0.944. The van der Waals surface area contributed by atoms with Gasteiger partial charge in [-0.05, 0) is 128 Å². The van der Waals surface area contributed by atoms with Gasteiger partial charge in [-0.1, -0.05) is 278 Å². The fourth-order valence-corrected chi connectivity index (χ4v) is 9.24. The maximum atomic E-state index is 12.9. The van der Waals surface area contributed by atoms with E-state index in [1.165, 1.54) is 161 Å². The van der Waals surface area contributed by atoms with E-state index in [1.54, 1.807) is 0 Å². The second kappa shape index (κ2) is 66.6. The number of allylic oxidation sites excluding steroid dienone is 18. The second-order valence-corrected chi connectivity index (χ2v) is 22.0. The number of esters is 3. The van der Waals surface area contributed by atoms with E-state index in [-0.39, 0.29) is 31.1 Å². The van der Waals surface area contributed by atoms with E-state index in [2.05, 4.69) is 130 Å². The molecule has 0 radical (unpaired) electrons. The minimum Gasteiger partial charge on any atom is -0.462 e. The van der Waals surface area contributed by atoms with Crippen molar-refractivity contribution in [2.45, 2.75) is 322 Å². The molecule has 0 aliphatic heterocycles. The molecule has 6 heteroatoms. The molecule has 0 aromatic rings. The molecule has 0 bridgehead atoms. The van der Waals surface area contributed by atoms with Crippen molar-refractivity contribution >= 4 is 17.9 Å². The quantitative estimate of drug-likeness (QED) is 0.0261. The number of unbranched alkanes of at least 4 members (excludes halogenated alkanes) is 31. The minimum atomic E-state index is -0.805. The van der Waals surface area contributed by atoms with Crippen LogP contribution in [-0.2, 0) is 28.6 Å². The molecule has 0 N–H and O–H groups in total. The fourth-order valence-electron chi connectivity index (χ4n) is 9.24. The molecule has 0 aliphatic carbocycles. The number of carbonyl (C=O) groups is 3. The number of hydrogen-bond donors (Lipinski definition) is 0. The van der Waals surface area contributed by atoms with Crippen LogP contribution in [0.15, 0.2) is 109 Å². The first-order valence-electron chi connectivity index (χ1n) is 33.4. The summed E-state index contributed by atoms with van der Waals surface area (Å²) >= 11 is 0. The van der Waals surface area contributed by atoms with Crippen molar-refractivity contribution in [1.82, 2.24) is 0 Å². The van der Waals surface area contributed by atoms with Gasteiger partial charge in [-0.3, -0.25) is 14.4 Å². The Hall–Kier alpha value is -3.93. The van der Waals surface area contributed by atoms with E-state index < -0.39 is 6.10 Å². The van der Waals surface area contributed by atoms with Crippen molar-refractivity contribution in [2.24, 2.45) is 0 Å². The predicted octanol–water partition coefficient (Wildman–Crippen LogP) is 23.0. The van der Waals surface area contributed by atoms with Crippen LogP contribution in [0.3, 0.4) is 0 Å². The van der Waals surface area contributed by atoms with Gasteiger partial charge in [-0.2, -0.15) is 0 Å². The smallest absolute Gasteiger partial charge is 0.306 e. The van der Waals surface area contributed by atoms with Crippen molar-refractivity contribution in [3.8, 4) is 0 Å². The maximum Gasteiger partial charge on any atom is 0.306 e. The minimum absolute atomic E-state index is 0.0966.